The van der Waals surface area contributed by atoms with Crippen LogP contribution < -0.4 is 4.90 Å². The van der Waals surface area contributed by atoms with E-state index in [4.69, 9.17) is 0 Å². The van der Waals surface area contributed by atoms with Crippen LogP contribution in [0.5, 0.6) is 0 Å². The third-order valence-corrected chi connectivity index (χ3v) is 3.87. The molecule has 3 nitrogen and oxygen atoms in total. The lowest BCUT2D eigenvalue weighted by molar-refractivity contribution is -0.141. The summed E-state index contributed by atoms with van der Waals surface area (Å²) in [6, 6.07) is 2.44. The molecular weight excluding hydrogens is 243 g/mol. The maximum atomic E-state index is 12.4. The van der Waals surface area contributed by atoms with Crippen molar-refractivity contribution in [3.05, 3.63) is 17.8 Å². The second-order valence-electron chi connectivity index (χ2n) is 5.22. The summed E-state index contributed by atoms with van der Waals surface area (Å²) < 4.78 is 37.1. The number of nitrogens with zero attached hydrogens (tertiary/aromatic N) is 3. The first kappa shape index (κ1) is 11.7. The lowest BCUT2D eigenvalue weighted by Gasteiger charge is -2.32. The van der Waals surface area contributed by atoms with Gasteiger partial charge in [0.15, 0.2) is 11.5 Å². The molecule has 1 saturated carbocycles. The molecule has 1 aliphatic carbocycles. The zero-order valence-electron chi connectivity index (χ0n) is 9.82. The molecule has 2 heterocycles. The highest BCUT2D eigenvalue weighted by molar-refractivity contribution is 5.38. The summed E-state index contributed by atoms with van der Waals surface area (Å²) >= 11 is 0. The van der Waals surface area contributed by atoms with Gasteiger partial charge in [-0.15, -0.1) is 10.2 Å². The van der Waals surface area contributed by atoms with Gasteiger partial charge in [0.05, 0.1) is 0 Å². The van der Waals surface area contributed by atoms with Gasteiger partial charge in [-0.1, -0.05) is 0 Å². The first-order chi connectivity index (χ1) is 8.52. The van der Waals surface area contributed by atoms with Crippen LogP contribution in [-0.2, 0) is 6.18 Å². The summed E-state index contributed by atoms with van der Waals surface area (Å²) in [5, 5.41) is 7.00. The molecule has 0 aromatic carbocycles. The molecule has 2 bridgehead atoms. The predicted molar refractivity (Wildman–Crippen MR) is 60.1 cm³/mol. The Morgan fingerprint density at radius 1 is 1.06 bits per heavy atom. The Bertz CT molecular complexity index is 417. The molecule has 18 heavy (non-hydrogen) atoms. The number of anilines is 1. The van der Waals surface area contributed by atoms with E-state index in [1.807, 2.05) is 0 Å². The minimum atomic E-state index is -4.41. The van der Waals surface area contributed by atoms with Crippen molar-refractivity contribution in [2.24, 2.45) is 11.8 Å². The highest BCUT2D eigenvalue weighted by Crippen LogP contribution is 2.37. The van der Waals surface area contributed by atoms with Crippen molar-refractivity contribution in [2.45, 2.75) is 25.4 Å². The topological polar surface area (TPSA) is 29.0 Å². The highest BCUT2D eigenvalue weighted by Gasteiger charge is 2.35. The minimum Gasteiger partial charge on any atom is -0.355 e. The van der Waals surface area contributed by atoms with Crippen molar-refractivity contribution in [1.29, 1.82) is 0 Å². The van der Waals surface area contributed by atoms with Gasteiger partial charge in [0.25, 0.3) is 0 Å². The van der Waals surface area contributed by atoms with Gasteiger partial charge in [0, 0.05) is 13.1 Å². The fourth-order valence-corrected chi connectivity index (χ4v) is 3.04. The molecule has 0 spiro atoms. The van der Waals surface area contributed by atoms with Crippen LogP contribution in [0.15, 0.2) is 12.1 Å². The van der Waals surface area contributed by atoms with Crippen LogP contribution >= 0.6 is 0 Å². The molecule has 3 rings (SSSR count). The summed E-state index contributed by atoms with van der Waals surface area (Å²) in [4.78, 5) is 2.07. The van der Waals surface area contributed by atoms with Crippen LogP contribution in [0.2, 0.25) is 0 Å². The van der Waals surface area contributed by atoms with Crippen molar-refractivity contribution in [3.63, 3.8) is 0 Å². The molecule has 1 aromatic rings. The van der Waals surface area contributed by atoms with Gasteiger partial charge in [-0.25, -0.2) is 0 Å². The summed E-state index contributed by atoms with van der Waals surface area (Å²) in [5.74, 6) is 1.92. The maximum absolute atomic E-state index is 12.4. The molecule has 2 atom stereocenters. The zero-order valence-corrected chi connectivity index (χ0v) is 9.82. The Morgan fingerprint density at radius 2 is 1.72 bits per heavy atom. The fraction of sp³-hybridized carbons (Fsp3) is 0.667. The molecule has 0 amide bonds. The van der Waals surface area contributed by atoms with Crippen LogP contribution in [0, 0.1) is 11.8 Å². The molecule has 6 heteroatoms. The summed E-state index contributed by atoms with van der Waals surface area (Å²) in [5.41, 5.74) is -0.925. The average Bonchev–Trinajstić information content (AvgIpc) is 2.67. The molecule has 1 aliphatic heterocycles. The standard InChI is InChI=1S/C12H14F3N3/c13-12(14,15)10-3-4-11(17-16-10)18-6-8-1-2-9(5-8)7-18/h3-4,8-9H,1-2,5-7H2. The van der Waals surface area contributed by atoms with Crippen molar-refractivity contribution in [2.75, 3.05) is 18.0 Å². The first-order valence-electron chi connectivity index (χ1n) is 6.18. The summed E-state index contributed by atoms with van der Waals surface area (Å²) in [6.07, 6.45) is -0.693. The maximum Gasteiger partial charge on any atom is 0.435 e. The number of rotatable bonds is 1. The average molecular weight is 257 g/mol. The van der Waals surface area contributed by atoms with Crippen LogP contribution in [0.1, 0.15) is 25.0 Å². The molecule has 2 fully saturated rings. The highest BCUT2D eigenvalue weighted by atomic mass is 19.4. The molecule has 2 aliphatic rings. The van der Waals surface area contributed by atoms with E-state index in [0.29, 0.717) is 17.7 Å². The monoisotopic (exact) mass is 257 g/mol. The van der Waals surface area contributed by atoms with Gasteiger partial charge < -0.3 is 4.90 Å². The Balaban J connectivity index is 1.77. The molecule has 0 radical (unpaired) electrons. The van der Waals surface area contributed by atoms with Gasteiger partial charge in [0.2, 0.25) is 0 Å². The Labute approximate surface area is 103 Å². The molecule has 1 saturated heterocycles. The van der Waals surface area contributed by atoms with Gasteiger partial charge in [-0.3, -0.25) is 0 Å². The third-order valence-electron chi connectivity index (χ3n) is 3.87. The van der Waals surface area contributed by atoms with Gasteiger partial charge in [-0.2, -0.15) is 13.2 Å². The van der Waals surface area contributed by atoms with Gasteiger partial charge in [-0.05, 0) is 43.2 Å². The normalized spacial score (nSPS) is 27.6. The smallest absolute Gasteiger partial charge is 0.355 e. The van der Waals surface area contributed by atoms with Crippen molar-refractivity contribution >= 4 is 5.82 Å². The second kappa shape index (κ2) is 4.10. The first-order valence-corrected chi connectivity index (χ1v) is 6.18. The van der Waals surface area contributed by atoms with E-state index in [2.05, 4.69) is 15.1 Å². The van der Waals surface area contributed by atoms with E-state index in [1.54, 1.807) is 0 Å². The SMILES string of the molecule is FC(F)(F)c1ccc(N2CC3CCC(C3)C2)nn1. The zero-order chi connectivity index (χ0) is 12.8. The lowest BCUT2D eigenvalue weighted by Crippen LogP contribution is -2.37. The van der Waals surface area contributed by atoms with Crippen LogP contribution in [0.3, 0.4) is 0 Å². The fourth-order valence-electron chi connectivity index (χ4n) is 3.04. The molecule has 2 unspecified atom stereocenters. The second-order valence-corrected chi connectivity index (χ2v) is 5.22. The number of hydrogen-bond donors (Lipinski definition) is 0. The largest absolute Gasteiger partial charge is 0.435 e. The van der Waals surface area contributed by atoms with E-state index in [9.17, 15) is 13.2 Å². The number of halogens is 3. The minimum absolute atomic E-state index is 0.569. The molecular formula is C12H14F3N3. The van der Waals surface area contributed by atoms with E-state index in [1.165, 1.54) is 25.3 Å². The van der Waals surface area contributed by atoms with Crippen molar-refractivity contribution < 1.29 is 13.2 Å². The van der Waals surface area contributed by atoms with Crippen molar-refractivity contribution in [1.82, 2.24) is 10.2 Å². The number of alkyl halides is 3. The number of aromatic nitrogens is 2. The van der Waals surface area contributed by atoms with Gasteiger partial charge >= 0.3 is 6.18 Å². The van der Waals surface area contributed by atoms with E-state index in [-0.39, 0.29) is 0 Å². The Kier molecular flexibility index (Phi) is 2.68. The van der Waals surface area contributed by atoms with Crippen LogP contribution in [-0.4, -0.2) is 23.3 Å². The number of piperidine rings is 1. The quantitative estimate of drug-likeness (QED) is 0.774. The molecule has 0 N–H and O–H groups in total. The number of hydrogen-bond acceptors (Lipinski definition) is 3. The third kappa shape index (κ3) is 2.15. The van der Waals surface area contributed by atoms with Crippen molar-refractivity contribution in [3.8, 4) is 0 Å². The predicted octanol–water partition coefficient (Wildman–Crippen LogP) is 2.73. The molecule has 98 valence electrons. The summed E-state index contributed by atoms with van der Waals surface area (Å²) in [7, 11) is 0. The van der Waals surface area contributed by atoms with E-state index < -0.39 is 11.9 Å². The Morgan fingerprint density at radius 3 is 2.22 bits per heavy atom. The molecule has 1 aromatic heterocycles. The van der Waals surface area contributed by atoms with E-state index >= 15 is 0 Å². The Hall–Kier alpha value is -1.33. The van der Waals surface area contributed by atoms with E-state index in [0.717, 1.165) is 19.2 Å². The number of fused-ring (bicyclic) bond motifs is 2. The van der Waals surface area contributed by atoms with Crippen LogP contribution in [0.4, 0.5) is 19.0 Å². The van der Waals surface area contributed by atoms with Gasteiger partial charge in [0.1, 0.15) is 0 Å². The summed E-state index contributed by atoms with van der Waals surface area (Å²) in [6.45, 7) is 1.80. The lowest BCUT2D eigenvalue weighted by atomic mass is 9.99. The van der Waals surface area contributed by atoms with Crippen LogP contribution in [0.25, 0.3) is 0 Å².